The van der Waals surface area contributed by atoms with E-state index in [4.69, 9.17) is 4.74 Å². The minimum atomic E-state index is -0.294. The number of ether oxygens (including phenoxy) is 1. The molecule has 106 valence electrons. The molecule has 2 rings (SSSR count). The van der Waals surface area contributed by atoms with Crippen molar-refractivity contribution >= 4 is 17.7 Å². The van der Waals surface area contributed by atoms with Gasteiger partial charge in [-0.05, 0) is 12.1 Å². The molecule has 0 saturated heterocycles. The minimum Gasteiger partial charge on any atom is -0.457 e. The van der Waals surface area contributed by atoms with E-state index in [1.165, 1.54) is 0 Å². The molecule has 0 saturated carbocycles. The Morgan fingerprint density at radius 1 is 1.40 bits per heavy atom. The summed E-state index contributed by atoms with van der Waals surface area (Å²) >= 11 is 1.66. The maximum atomic E-state index is 12.2. The smallest absolute Gasteiger partial charge is 0.339 e. The van der Waals surface area contributed by atoms with E-state index in [-0.39, 0.29) is 12.6 Å². The highest BCUT2D eigenvalue weighted by Crippen LogP contribution is 2.27. The summed E-state index contributed by atoms with van der Waals surface area (Å²) in [6.45, 7) is 4.44. The molecule has 0 radical (unpaired) electrons. The lowest BCUT2D eigenvalue weighted by molar-refractivity contribution is 0.0468. The van der Waals surface area contributed by atoms with E-state index < -0.39 is 0 Å². The number of thioether (sulfide) groups is 1. The van der Waals surface area contributed by atoms with E-state index in [0.717, 1.165) is 10.5 Å². The average molecular weight is 290 g/mol. The standard InChI is InChI=1S/C15H18N2O2S/c1-11(2)20-14-7-5-4-6-13(14)15(18)19-10-12-8-16-17(3)9-12/h4-9,11H,10H2,1-3H3. The largest absolute Gasteiger partial charge is 0.457 e. The maximum absolute atomic E-state index is 12.2. The predicted molar refractivity (Wildman–Crippen MR) is 79.8 cm³/mol. The number of nitrogens with zero attached hydrogens (tertiary/aromatic N) is 2. The van der Waals surface area contributed by atoms with Gasteiger partial charge in [0, 0.05) is 29.0 Å². The fraction of sp³-hybridized carbons (Fsp3) is 0.333. The molecule has 0 spiro atoms. The van der Waals surface area contributed by atoms with Crippen molar-refractivity contribution in [2.75, 3.05) is 0 Å². The topological polar surface area (TPSA) is 44.1 Å². The Morgan fingerprint density at radius 2 is 2.15 bits per heavy atom. The molecule has 5 heteroatoms. The van der Waals surface area contributed by atoms with Gasteiger partial charge in [0.1, 0.15) is 6.61 Å². The number of benzene rings is 1. The van der Waals surface area contributed by atoms with Crippen LogP contribution in [0.3, 0.4) is 0 Å². The summed E-state index contributed by atoms with van der Waals surface area (Å²) in [4.78, 5) is 13.1. The normalized spacial score (nSPS) is 10.8. The van der Waals surface area contributed by atoms with E-state index >= 15 is 0 Å². The number of aromatic nitrogens is 2. The SMILES string of the molecule is CC(C)Sc1ccccc1C(=O)OCc1cnn(C)c1. The van der Waals surface area contributed by atoms with Gasteiger partial charge in [0.15, 0.2) is 0 Å². The van der Waals surface area contributed by atoms with Crippen LogP contribution in [-0.4, -0.2) is 21.0 Å². The summed E-state index contributed by atoms with van der Waals surface area (Å²) in [5.41, 5.74) is 1.50. The Kier molecular flexibility index (Phi) is 4.84. The first-order valence-corrected chi connectivity index (χ1v) is 7.34. The van der Waals surface area contributed by atoms with Crippen LogP contribution in [0.4, 0.5) is 0 Å². The van der Waals surface area contributed by atoms with Crippen molar-refractivity contribution in [1.29, 1.82) is 0 Å². The Labute approximate surface area is 123 Å². The van der Waals surface area contributed by atoms with Gasteiger partial charge in [-0.15, -0.1) is 11.8 Å². The number of rotatable bonds is 5. The quantitative estimate of drug-likeness (QED) is 0.626. The van der Waals surface area contributed by atoms with Crippen LogP contribution in [0, 0.1) is 0 Å². The van der Waals surface area contributed by atoms with E-state index in [9.17, 15) is 4.79 Å². The van der Waals surface area contributed by atoms with Crippen molar-refractivity contribution in [2.24, 2.45) is 7.05 Å². The van der Waals surface area contributed by atoms with Crippen molar-refractivity contribution in [3.63, 3.8) is 0 Å². The van der Waals surface area contributed by atoms with Crippen LogP contribution in [-0.2, 0) is 18.4 Å². The molecule has 20 heavy (non-hydrogen) atoms. The molecular weight excluding hydrogens is 272 g/mol. The highest BCUT2D eigenvalue weighted by molar-refractivity contribution is 8.00. The third-order valence-electron chi connectivity index (χ3n) is 2.60. The molecule has 4 nitrogen and oxygen atoms in total. The van der Waals surface area contributed by atoms with Gasteiger partial charge in [-0.3, -0.25) is 4.68 Å². The van der Waals surface area contributed by atoms with Gasteiger partial charge < -0.3 is 4.74 Å². The fourth-order valence-electron chi connectivity index (χ4n) is 1.77. The van der Waals surface area contributed by atoms with Crippen LogP contribution in [0.25, 0.3) is 0 Å². The first kappa shape index (κ1) is 14.7. The van der Waals surface area contributed by atoms with Gasteiger partial charge in [0.25, 0.3) is 0 Å². The highest BCUT2D eigenvalue weighted by Gasteiger charge is 2.14. The molecule has 0 N–H and O–H groups in total. The van der Waals surface area contributed by atoms with Crippen LogP contribution >= 0.6 is 11.8 Å². The monoisotopic (exact) mass is 290 g/mol. The Balaban J connectivity index is 2.05. The minimum absolute atomic E-state index is 0.243. The van der Waals surface area contributed by atoms with Crippen LogP contribution in [0.5, 0.6) is 0 Å². The molecule has 1 heterocycles. The maximum Gasteiger partial charge on any atom is 0.339 e. The van der Waals surface area contributed by atoms with Crippen molar-refractivity contribution in [1.82, 2.24) is 9.78 Å². The summed E-state index contributed by atoms with van der Waals surface area (Å²) in [5.74, 6) is -0.294. The molecule has 0 aliphatic rings. The van der Waals surface area contributed by atoms with Crippen LogP contribution in [0.2, 0.25) is 0 Å². The first-order valence-electron chi connectivity index (χ1n) is 6.46. The van der Waals surface area contributed by atoms with Crippen molar-refractivity contribution in [2.45, 2.75) is 30.6 Å². The second kappa shape index (κ2) is 6.61. The summed E-state index contributed by atoms with van der Waals surface area (Å²) in [7, 11) is 1.83. The van der Waals surface area contributed by atoms with Crippen LogP contribution < -0.4 is 0 Å². The third kappa shape index (κ3) is 3.87. The van der Waals surface area contributed by atoms with Gasteiger partial charge in [0.2, 0.25) is 0 Å². The molecule has 1 aromatic heterocycles. The summed E-state index contributed by atoms with van der Waals surface area (Å²) < 4.78 is 7.03. The number of hydrogen-bond donors (Lipinski definition) is 0. The summed E-state index contributed by atoms with van der Waals surface area (Å²) in [6, 6.07) is 7.54. The predicted octanol–water partition coefficient (Wildman–Crippen LogP) is 3.28. The number of carbonyl (C=O) groups excluding carboxylic acids is 1. The first-order chi connectivity index (χ1) is 9.56. The Bertz CT molecular complexity index is 593. The van der Waals surface area contributed by atoms with Crippen molar-refractivity contribution in [3.05, 3.63) is 47.8 Å². The van der Waals surface area contributed by atoms with E-state index in [1.54, 1.807) is 28.7 Å². The van der Waals surface area contributed by atoms with Gasteiger partial charge in [-0.1, -0.05) is 26.0 Å². The van der Waals surface area contributed by atoms with E-state index in [1.807, 2.05) is 31.4 Å². The van der Waals surface area contributed by atoms with Crippen molar-refractivity contribution in [3.8, 4) is 0 Å². The van der Waals surface area contributed by atoms with E-state index in [0.29, 0.717) is 10.8 Å². The molecule has 0 atom stereocenters. The zero-order chi connectivity index (χ0) is 14.5. The second-order valence-corrected chi connectivity index (χ2v) is 6.38. The van der Waals surface area contributed by atoms with Gasteiger partial charge >= 0.3 is 5.97 Å². The molecule has 0 unspecified atom stereocenters. The Hall–Kier alpha value is -1.75. The molecular formula is C15H18N2O2S. The van der Waals surface area contributed by atoms with Crippen molar-refractivity contribution < 1.29 is 9.53 Å². The number of hydrogen-bond acceptors (Lipinski definition) is 4. The second-order valence-electron chi connectivity index (χ2n) is 4.76. The number of aryl methyl sites for hydroxylation is 1. The molecule has 0 aliphatic carbocycles. The highest BCUT2D eigenvalue weighted by atomic mass is 32.2. The van der Waals surface area contributed by atoms with E-state index in [2.05, 4.69) is 18.9 Å². The van der Waals surface area contributed by atoms with Crippen LogP contribution in [0.15, 0.2) is 41.6 Å². The molecule has 0 aliphatic heterocycles. The molecule has 0 bridgehead atoms. The zero-order valence-corrected chi connectivity index (χ0v) is 12.7. The Morgan fingerprint density at radius 3 is 2.80 bits per heavy atom. The lowest BCUT2D eigenvalue weighted by atomic mass is 10.2. The summed E-state index contributed by atoms with van der Waals surface area (Å²) in [6.07, 6.45) is 3.53. The lowest BCUT2D eigenvalue weighted by Crippen LogP contribution is -2.07. The van der Waals surface area contributed by atoms with Gasteiger partial charge in [-0.25, -0.2) is 4.79 Å². The van der Waals surface area contributed by atoms with Gasteiger partial charge in [-0.2, -0.15) is 5.10 Å². The third-order valence-corrected chi connectivity index (χ3v) is 3.68. The number of esters is 1. The van der Waals surface area contributed by atoms with Gasteiger partial charge in [0.05, 0.1) is 11.8 Å². The molecule has 0 amide bonds. The zero-order valence-electron chi connectivity index (χ0n) is 11.9. The van der Waals surface area contributed by atoms with Crippen LogP contribution in [0.1, 0.15) is 29.8 Å². The summed E-state index contributed by atoms with van der Waals surface area (Å²) in [5, 5.41) is 4.46. The molecule has 1 aromatic carbocycles. The fourth-order valence-corrected chi connectivity index (χ4v) is 2.71. The molecule has 0 fully saturated rings. The average Bonchev–Trinajstić information content (AvgIpc) is 2.82. The lowest BCUT2D eigenvalue weighted by Gasteiger charge is -2.10. The number of carbonyl (C=O) groups is 1. The molecule has 2 aromatic rings.